The molecular formula is C11H7ClF2N2O. The van der Waals surface area contributed by atoms with Crippen molar-refractivity contribution in [1.29, 1.82) is 0 Å². The van der Waals surface area contributed by atoms with E-state index in [-0.39, 0.29) is 11.0 Å². The van der Waals surface area contributed by atoms with Gasteiger partial charge in [-0.2, -0.15) is 0 Å². The Morgan fingerprint density at radius 2 is 1.94 bits per heavy atom. The molecule has 0 N–H and O–H groups in total. The smallest absolute Gasteiger partial charge is 0.222 e. The fourth-order valence-corrected chi connectivity index (χ4v) is 1.53. The zero-order valence-corrected chi connectivity index (χ0v) is 9.50. The molecule has 17 heavy (non-hydrogen) atoms. The Kier molecular flexibility index (Phi) is 3.19. The van der Waals surface area contributed by atoms with Crippen LogP contribution in [0.1, 0.15) is 0 Å². The molecule has 0 aliphatic heterocycles. The van der Waals surface area contributed by atoms with Crippen molar-refractivity contribution in [2.24, 2.45) is 0 Å². The van der Waals surface area contributed by atoms with Gasteiger partial charge in [0.1, 0.15) is 5.75 Å². The lowest BCUT2D eigenvalue weighted by Gasteiger charge is -2.08. The molecule has 1 heterocycles. The van der Waals surface area contributed by atoms with Crippen LogP contribution in [0.25, 0.3) is 11.3 Å². The molecule has 6 heteroatoms. The molecule has 0 amide bonds. The van der Waals surface area contributed by atoms with Gasteiger partial charge in [-0.3, -0.25) is 0 Å². The molecule has 0 saturated carbocycles. The molecule has 88 valence electrons. The highest BCUT2D eigenvalue weighted by atomic mass is 35.5. The minimum Gasteiger partial charge on any atom is -0.496 e. The van der Waals surface area contributed by atoms with Gasteiger partial charge in [0.2, 0.25) is 5.28 Å². The molecule has 0 aliphatic rings. The SMILES string of the molecule is COc1cc(F)c(F)cc1-c1ccnc(Cl)n1. The monoisotopic (exact) mass is 256 g/mol. The zero-order valence-electron chi connectivity index (χ0n) is 8.75. The second-order valence-electron chi connectivity index (χ2n) is 3.18. The van der Waals surface area contributed by atoms with Crippen LogP contribution in [0.15, 0.2) is 24.4 Å². The Bertz CT molecular complexity index is 563. The summed E-state index contributed by atoms with van der Waals surface area (Å²) in [5.41, 5.74) is 0.677. The summed E-state index contributed by atoms with van der Waals surface area (Å²) in [5, 5.41) is 0.0225. The van der Waals surface area contributed by atoms with Crippen molar-refractivity contribution in [3.05, 3.63) is 41.3 Å². The van der Waals surface area contributed by atoms with Gasteiger partial charge in [-0.1, -0.05) is 0 Å². The molecule has 0 unspecified atom stereocenters. The van der Waals surface area contributed by atoms with Crippen LogP contribution in [-0.4, -0.2) is 17.1 Å². The minimum absolute atomic E-state index is 0.0225. The standard InChI is InChI=1S/C11H7ClF2N2O/c1-17-10-5-8(14)7(13)4-6(10)9-2-3-15-11(12)16-9/h2-5H,1H3. The van der Waals surface area contributed by atoms with E-state index in [2.05, 4.69) is 9.97 Å². The van der Waals surface area contributed by atoms with E-state index < -0.39 is 11.6 Å². The Balaban J connectivity index is 2.62. The van der Waals surface area contributed by atoms with Crippen LogP contribution in [0.4, 0.5) is 8.78 Å². The minimum atomic E-state index is -0.981. The number of methoxy groups -OCH3 is 1. The van der Waals surface area contributed by atoms with E-state index >= 15 is 0 Å². The van der Waals surface area contributed by atoms with Crippen molar-refractivity contribution in [2.45, 2.75) is 0 Å². The number of benzene rings is 1. The van der Waals surface area contributed by atoms with Crippen molar-refractivity contribution in [1.82, 2.24) is 9.97 Å². The van der Waals surface area contributed by atoms with Crippen molar-refractivity contribution in [2.75, 3.05) is 7.11 Å². The number of halogens is 3. The van der Waals surface area contributed by atoms with Gasteiger partial charge in [-0.25, -0.2) is 18.7 Å². The number of hydrogen-bond donors (Lipinski definition) is 0. The van der Waals surface area contributed by atoms with Crippen LogP contribution in [-0.2, 0) is 0 Å². The molecule has 0 atom stereocenters. The molecule has 1 aromatic heterocycles. The Morgan fingerprint density at radius 3 is 2.59 bits per heavy atom. The predicted octanol–water partition coefficient (Wildman–Crippen LogP) is 3.08. The summed E-state index contributed by atoms with van der Waals surface area (Å²) in [6.45, 7) is 0. The highest BCUT2D eigenvalue weighted by molar-refractivity contribution is 6.28. The fourth-order valence-electron chi connectivity index (χ4n) is 1.38. The van der Waals surface area contributed by atoms with Crippen LogP contribution in [0, 0.1) is 11.6 Å². The third-order valence-corrected chi connectivity index (χ3v) is 2.33. The van der Waals surface area contributed by atoms with E-state index in [1.807, 2.05) is 0 Å². The van der Waals surface area contributed by atoms with E-state index in [0.717, 1.165) is 12.1 Å². The maximum atomic E-state index is 13.2. The average molecular weight is 257 g/mol. The summed E-state index contributed by atoms with van der Waals surface area (Å²) in [4.78, 5) is 7.61. The molecule has 0 aliphatic carbocycles. The fraction of sp³-hybridized carbons (Fsp3) is 0.0909. The summed E-state index contributed by atoms with van der Waals surface area (Å²) in [6, 6.07) is 3.49. The molecule has 0 spiro atoms. The maximum absolute atomic E-state index is 13.2. The first-order valence-electron chi connectivity index (χ1n) is 4.64. The highest BCUT2D eigenvalue weighted by Crippen LogP contribution is 2.30. The zero-order chi connectivity index (χ0) is 12.4. The lowest BCUT2D eigenvalue weighted by Crippen LogP contribution is -1.95. The molecule has 0 saturated heterocycles. The van der Waals surface area contributed by atoms with Crippen LogP contribution in [0.5, 0.6) is 5.75 Å². The first-order chi connectivity index (χ1) is 8.11. The summed E-state index contributed by atoms with van der Waals surface area (Å²) in [7, 11) is 1.36. The Morgan fingerprint density at radius 1 is 1.24 bits per heavy atom. The van der Waals surface area contributed by atoms with Gasteiger partial charge in [0.15, 0.2) is 11.6 Å². The number of aromatic nitrogens is 2. The van der Waals surface area contributed by atoms with Gasteiger partial charge >= 0.3 is 0 Å². The van der Waals surface area contributed by atoms with Crippen LogP contribution in [0.2, 0.25) is 5.28 Å². The Hall–Kier alpha value is -1.75. The quantitative estimate of drug-likeness (QED) is 0.775. The number of rotatable bonds is 2. The molecule has 2 rings (SSSR count). The maximum Gasteiger partial charge on any atom is 0.222 e. The molecule has 1 aromatic carbocycles. The predicted molar refractivity (Wildman–Crippen MR) is 58.9 cm³/mol. The van der Waals surface area contributed by atoms with Gasteiger partial charge < -0.3 is 4.74 Å². The third kappa shape index (κ3) is 2.34. The van der Waals surface area contributed by atoms with E-state index in [0.29, 0.717) is 11.3 Å². The van der Waals surface area contributed by atoms with Gasteiger partial charge in [-0.15, -0.1) is 0 Å². The Labute approximate surface area is 101 Å². The molecular weight excluding hydrogens is 250 g/mol. The van der Waals surface area contributed by atoms with Crippen molar-refractivity contribution in [3.63, 3.8) is 0 Å². The lowest BCUT2D eigenvalue weighted by atomic mass is 10.1. The number of nitrogens with zero attached hydrogens (tertiary/aromatic N) is 2. The van der Waals surface area contributed by atoms with Gasteiger partial charge in [0, 0.05) is 17.8 Å². The molecule has 3 nitrogen and oxygen atoms in total. The molecule has 0 bridgehead atoms. The number of ether oxygens (including phenoxy) is 1. The average Bonchev–Trinajstić information content (AvgIpc) is 2.32. The molecule has 0 fully saturated rings. The van der Waals surface area contributed by atoms with E-state index in [1.54, 1.807) is 0 Å². The van der Waals surface area contributed by atoms with Crippen LogP contribution >= 0.6 is 11.6 Å². The van der Waals surface area contributed by atoms with Gasteiger partial charge in [0.25, 0.3) is 0 Å². The second kappa shape index (κ2) is 4.63. The lowest BCUT2D eigenvalue weighted by molar-refractivity contribution is 0.408. The molecule has 2 aromatic rings. The second-order valence-corrected chi connectivity index (χ2v) is 3.52. The first-order valence-corrected chi connectivity index (χ1v) is 5.01. The van der Waals surface area contributed by atoms with Crippen LogP contribution in [0.3, 0.4) is 0 Å². The normalized spacial score (nSPS) is 10.4. The summed E-state index contributed by atoms with van der Waals surface area (Å²) in [6.07, 6.45) is 1.42. The van der Waals surface area contributed by atoms with Crippen LogP contribution < -0.4 is 4.74 Å². The topological polar surface area (TPSA) is 35.0 Å². The van der Waals surface area contributed by atoms with Crippen molar-refractivity contribution in [3.8, 4) is 17.0 Å². The largest absolute Gasteiger partial charge is 0.496 e. The number of hydrogen-bond acceptors (Lipinski definition) is 3. The van der Waals surface area contributed by atoms with Crippen molar-refractivity contribution >= 4 is 11.6 Å². The molecule has 0 radical (unpaired) electrons. The van der Waals surface area contributed by atoms with E-state index in [9.17, 15) is 8.78 Å². The summed E-state index contributed by atoms with van der Waals surface area (Å²) in [5.74, 6) is -1.78. The first kappa shape index (κ1) is 11.7. The van der Waals surface area contributed by atoms with Gasteiger partial charge in [-0.05, 0) is 23.7 Å². The van der Waals surface area contributed by atoms with Crippen molar-refractivity contribution < 1.29 is 13.5 Å². The summed E-state index contributed by atoms with van der Waals surface area (Å²) >= 11 is 5.63. The summed E-state index contributed by atoms with van der Waals surface area (Å²) < 4.78 is 31.2. The highest BCUT2D eigenvalue weighted by Gasteiger charge is 2.13. The van der Waals surface area contributed by atoms with Gasteiger partial charge in [0.05, 0.1) is 12.8 Å². The van der Waals surface area contributed by atoms with E-state index in [4.69, 9.17) is 16.3 Å². The van der Waals surface area contributed by atoms with E-state index in [1.165, 1.54) is 19.4 Å². The third-order valence-electron chi connectivity index (χ3n) is 2.14.